The molecule has 3 nitrogen and oxygen atoms in total. The first kappa shape index (κ1) is 17.2. The molecular weight excluding hydrogens is 337 g/mol. The average Bonchev–Trinajstić information content (AvgIpc) is 2.61. The molecule has 0 amide bonds. The number of nitrogens with zero attached hydrogens (tertiary/aromatic N) is 1. The summed E-state index contributed by atoms with van der Waals surface area (Å²) in [7, 11) is -3.82. The lowest BCUT2D eigenvalue weighted by Gasteiger charge is -2.25. The van der Waals surface area contributed by atoms with Gasteiger partial charge in [-0.25, -0.2) is 12.8 Å². The Morgan fingerprint density at radius 3 is 2.20 bits per heavy atom. The standard InChI is InChI=1S/C20H18FNO2S/c1-16-6-5-9-19(14-16)22(15-17-7-3-2-4-8-17)25(23,24)20-12-10-18(21)11-13-20/h2-14H,15H2,1H3. The van der Waals surface area contributed by atoms with Gasteiger partial charge in [-0.15, -0.1) is 0 Å². The quantitative estimate of drug-likeness (QED) is 0.674. The molecule has 128 valence electrons. The van der Waals surface area contributed by atoms with Crippen LogP contribution in [0.1, 0.15) is 11.1 Å². The number of sulfonamides is 1. The summed E-state index contributed by atoms with van der Waals surface area (Å²) < 4.78 is 40.9. The maximum atomic E-state index is 13.2. The van der Waals surface area contributed by atoms with Gasteiger partial charge < -0.3 is 0 Å². The van der Waals surface area contributed by atoms with Crippen LogP contribution in [-0.4, -0.2) is 8.42 Å². The summed E-state index contributed by atoms with van der Waals surface area (Å²) in [6, 6.07) is 21.6. The van der Waals surface area contributed by atoms with E-state index in [0.717, 1.165) is 23.3 Å². The molecule has 25 heavy (non-hydrogen) atoms. The molecule has 5 heteroatoms. The summed E-state index contributed by atoms with van der Waals surface area (Å²) in [5, 5.41) is 0. The molecule has 0 unspecified atom stereocenters. The molecule has 0 fully saturated rings. The van der Waals surface area contributed by atoms with Crippen LogP contribution >= 0.6 is 0 Å². The normalized spacial score (nSPS) is 11.3. The number of anilines is 1. The molecular formula is C20H18FNO2S. The highest BCUT2D eigenvalue weighted by Gasteiger charge is 2.25. The fourth-order valence-corrected chi connectivity index (χ4v) is 4.03. The van der Waals surface area contributed by atoms with Crippen LogP contribution in [0.25, 0.3) is 0 Å². The van der Waals surface area contributed by atoms with E-state index in [1.165, 1.54) is 16.4 Å². The second kappa shape index (κ2) is 7.07. The molecule has 0 saturated heterocycles. The predicted octanol–water partition coefficient (Wildman–Crippen LogP) is 4.53. The van der Waals surface area contributed by atoms with Gasteiger partial charge >= 0.3 is 0 Å². The van der Waals surface area contributed by atoms with E-state index in [4.69, 9.17) is 0 Å². The molecule has 0 aromatic heterocycles. The van der Waals surface area contributed by atoms with Crippen LogP contribution in [0, 0.1) is 12.7 Å². The summed E-state index contributed by atoms with van der Waals surface area (Å²) >= 11 is 0. The van der Waals surface area contributed by atoms with E-state index >= 15 is 0 Å². The summed E-state index contributed by atoms with van der Waals surface area (Å²) in [4.78, 5) is 0.0614. The molecule has 0 aliphatic rings. The smallest absolute Gasteiger partial charge is 0.262 e. The van der Waals surface area contributed by atoms with Gasteiger partial charge in [0.1, 0.15) is 5.82 Å². The van der Waals surface area contributed by atoms with Crippen LogP contribution in [0.5, 0.6) is 0 Å². The summed E-state index contributed by atoms with van der Waals surface area (Å²) in [6.07, 6.45) is 0. The highest BCUT2D eigenvalue weighted by atomic mass is 32.2. The van der Waals surface area contributed by atoms with Crippen molar-refractivity contribution in [1.82, 2.24) is 0 Å². The number of rotatable bonds is 5. The molecule has 0 aliphatic carbocycles. The first-order valence-corrected chi connectivity index (χ1v) is 9.30. The van der Waals surface area contributed by atoms with Crippen molar-refractivity contribution in [2.45, 2.75) is 18.4 Å². The molecule has 3 aromatic carbocycles. The number of benzene rings is 3. The van der Waals surface area contributed by atoms with Crippen LogP contribution in [0.4, 0.5) is 10.1 Å². The van der Waals surface area contributed by atoms with Crippen molar-refractivity contribution in [3.05, 3.63) is 95.8 Å². The van der Waals surface area contributed by atoms with Gasteiger partial charge in [-0.3, -0.25) is 4.31 Å². The van der Waals surface area contributed by atoms with Crippen LogP contribution in [0.3, 0.4) is 0 Å². The first-order chi connectivity index (χ1) is 12.0. The van der Waals surface area contributed by atoms with Crippen molar-refractivity contribution in [1.29, 1.82) is 0 Å². The van der Waals surface area contributed by atoms with E-state index in [0.29, 0.717) is 5.69 Å². The Kier molecular flexibility index (Phi) is 4.86. The Bertz CT molecular complexity index is 955. The van der Waals surface area contributed by atoms with E-state index in [-0.39, 0.29) is 11.4 Å². The molecule has 0 N–H and O–H groups in total. The lowest BCUT2D eigenvalue weighted by atomic mass is 10.2. The fraction of sp³-hybridized carbons (Fsp3) is 0.100. The maximum Gasteiger partial charge on any atom is 0.264 e. The zero-order valence-corrected chi connectivity index (χ0v) is 14.6. The summed E-state index contributed by atoms with van der Waals surface area (Å²) in [5.41, 5.74) is 2.41. The molecule has 0 radical (unpaired) electrons. The van der Waals surface area contributed by atoms with Gasteiger partial charge in [-0.2, -0.15) is 0 Å². The third-order valence-electron chi connectivity index (χ3n) is 3.86. The second-order valence-corrected chi connectivity index (χ2v) is 7.65. The minimum absolute atomic E-state index is 0.0614. The minimum atomic E-state index is -3.82. The van der Waals surface area contributed by atoms with E-state index in [9.17, 15) is 12.8 Å². The zero-order valence-electron chi connectivity index (χ0n) is 13.8. The van der Waals surface area contributed by atoms with E-state index < -0.39 is 15.8 Å². The molecule has 0 atom stereocenters. The highest BCUT2D eigenvalue weighted by molar-refractivity contribution is 7.92. The Morgan fingerprint density at radius 1 is 0.880 bits per heavy atom. The van der Waals surface area contributed by atoms with Crippen molar-refractivity contribution in [2.75, 3.05) is 4.31 Å². The largest absolute Gasteiger partial charge is 0.264 e. The molecule has 0 aliphatic heterocycles. The third kappa shape index (κ3) is 3.88. The highest BCUT2D eigenvalue weighted by Crippen LogP contribution is 2.26. The summed E-state index contributed by atoms with van der Waals surface area (Å²) in [6.45, 7) is 2.11. The fourth-order valence-electron chi connectivity index (χ4n) is 2.58. The second-order valence-electron chi connectivity index (χ2n) is 5.79. The topological polar surface area (TPSA) is 37.4 Å². The van der Waals surface area contributed by atoms with Crippen LogP contribution in [0.15, 0.2) is 83.8 Å². The van der Waals surface area contributed by atoms with Gasteiger partial charge in [0.25, 0.3) is 10.0 Å². The Hall–Kier alpha value is -2.66. The number of halogens is 1. The van der Waals surface area contributed by atoms with Crippen molar-refractivity contribution in [2.24, 2.45) is 0 Å². The molecule has 0 heterocycles. The molecule has 3 aromatic rings. The van der Waals surface area contributed by atoms with Gasteiger partial charge in [0.15, 0.2) is 0 Å². The van der Waals surface area contributed by atoms with Gasteiger partial charge in [0, 0.05) is 0 Å². The van der Waals surface area contributed by atoms with Crippen molar-refractivity contribution in [3.63, 3.8) is 0 Å². The molecule has 0 bridgehead atoms. The average molecular weight is 355 g/mol. The lowest BCUT2D eigenvalue weighted by molar-refractivity contribution is 0.589. The lowest BCUT2D eigenvalue weighted by Crippen LogP contribution is -2.30. The maximum absolute atomic E-state index is 13.2. The van der Waals surface area contributed by atoms with Crippen LogP contribution in [-0.2, 0) is 16.6 Å². The molecule has 3 rings (SSSR count). The monoisotopic (exact) mass is 355 g/mol. The van der Waals surface area contributed by atoms with Crippen LogP contribution < -0.4 is 4.31 Å². The number of hydrogen-bond acceptors (Lipinski definition) is 2. The SMILES string of the molecule is Cc1cccc(N(Cc2ccccc2)S(=O)(=O)c2ccc(F)cc2)c1. The zero-order chi connectivity index (χ0) is 17.9. The minimum Gasteiger partial charge on any atom is -0.262 e. The van der Waals surface area contributed by atoms with E-state index in [1.54, 1.807) is 6.07 Å². The van der Waals surface area contributed by atoms with E-state index in [1.807, 2.05) is 55.5 Å². The van der Waals surface area contributed by atoms with Gasteiger partial charge in [-0.1, -0.05) is 42.5 Å². The predicted molar refractivity (Wildman–Crippen MR) is 97.4 cm³/mol. The Balaban J connectivity index is 2.08. The van der Waals surface area contributed by atoms with Gasteiger partial charge in [-0.05, 0) is 54.4 Å². The number of hydrogen-bond donors (Lipinski definition) is 0. The van der Waals surface area contributed by atoms with E-state index in [2.05, 4.69) is 0 Å². The van der Waals surface area contributed by atoms with Gasteiger partial charge in [0.2, 0.25) is 0 Å². The molecule has 0 saturated carbocycles. The summed E-state index contributed by atoms with van der Waals surface area (Å²) in [5.74, 6) is -0.468. The van der Waals surface area contributed by atoms with Crippen molar-refractivity contribution < 1.29 is 12.8 Å². The molecule has 0 spiro atoms. The van der Waals surface area contributed by atoms with Crippen molar-refractivity contribution in [3.8, 4) is 0 Å². The van der Waals surface area contributed by atoms with Crippen LogP contribution in [0.2, 0.25) is 0 Å². The first-order valence-electron chi connectivity index (χ1n) is 7.86. The van der Waals surface area contributed by atoms with Crippen molar-refractivity contribution >= 4 is 15.7 Å². The Labute approximate surface area is 147 Å². The Morgan fingerprint density at radius 2 is 1.56 bits per heavy atom. The third-order valence-corrected chi connectivity index (χ3v) is 5.65. The number of aryl methyl sites for hydroxylation is 1. The van der Waals surface area contributed by atoms with Gasteiger partial charge in [0.05, 0.1) is 17.1 Å².